The second kappa shape index (κ2) is 11.0. The molecule has 2 aromatic rings. The average molecular weight is 428 g/mol. The molecule has 7 heteroatoms. The number of amides is 1. The topological polar surface area (TPSA) is 85.3 Å². The normalized spacial score (nSPS) is 18.5. The van der Waals surface area contributed by atoms with Crippen LogP contribution in [-0.2, 0) is 17.8 Å². The van der Waals surface area contributed by atoms with E-state index in [0.29, 0.717) is 24.6 Å². The third-order valence-corrected chi connectivity index (χ3v) is 5.98. The summed E-state index contributed by atoms with van der Waals surface area (Å²) in [5, 5.41) is 20.6. The fourth-order valence-electron chi connectivity index (χ4n) is 4.26. The minimum atomic E-state index is -0.255. The van der Waals surface area contributed by atoms with Crippen LogP contribution in [0.15, 0.2) is 48.5 Å². The van der Waals surface area contributed by atoms with Crippen LogP contribution in [0.1, 0.15) is 43.7 Å². The predicted octanol–water partition coefficient (Wildman–Crippen LogP) is 5.15. The summed E-state index contributed by atoms with van der Waals surface area (Å²) in [5.41, 5.74) is 2.01. The Morgan fingerprint density at radius 1 is 1.26 bits per heavy atom. The molecular formula is C24H31N2O5-. The molecule has 0 aromatic heterocycles. The van der Waals surface area contributed by atoms with Gasteiger partial charge in [-0.1, -0.05) is 30.3 Å². The number of methoxy groups -OCH3 is 1. The Morgan fingerprint density at radius 3 is 2.71 bits per heavy atom. The summed E-state index contributed by atoms with van der Waals surface area (Å²) in [6.07, 6.45) is 4.18. The zero-order valence-electron chi connectivity index (χ0n) is 18.2. The van der Waals surface area contributed by atoms with Crippen molar-refractivity contribution in [2.75, 3.05) is 18.9 Å². The number of aryl methyl sites for hydroxylation is 1. The van der Waals surface area contributed by atoms with Crippen LogP contribution in [0, 0.1) is 11.1 Å². The van der Waals surface area contributed by atoms with Gasteiger partial charge < -0.3 is 24.8 Å². The van der Waals surface area contributed by atoms with E-state index in [-0.39, 0.29) is 29.7 Å². The fourth-order valence-corrected chi connectivity index (χ4v) is 4.26. The van der Waals surface area contributed by atoms with E-state index in [0.717, 1.165) is 36.8 Å². The number of carbonyl (C=O) groups is 1. The highest BCUT2D eigenvalue weighted by Crippen LogP contribution is 2.30. The van der Waals surface area contributed by atoms with Crippen LogP contribution in [0.2, 0.25) is 0 Å². The first-order chi connectivity index (χ1) is 15.0. The van der Waals surface area contributed by atoms with Crippen LogP contribution in [0.4, 0.5) is 10.5 Å². The van der Waals surface area contributed by atoms with E-state index in [4.69, 9.17) is 9.47 Å². The van der Waals surface area contributed by atoms with Gasteiger partial charge in [-0.25, -0.2) is 4.79 Å². The third kappa shape index (κ3) is 6.35. The molecule has 1 amide bonds. The van der Waals surface area contributed by atoms with E-state index < -0.39 is 0 Å². The molecule has 1 fully saturated rings. The number of hydrogen-bond acceptors (Lipinski definition) is 6. The first-order valence-electron chi connectivity index (χ1n) is 10.8. The second-order valence-corrected chi connectivity index (χ2v) is 8.13. The molecule has 1 aliphatic rings. The Bertz CT molecular complexity index is 843. The van der Waals surface area contributed by atoms with Gasteiger partial charge in [0.1, 0.15) is 12.4 Å². The van der Waals surface area contributed by atoms with Crippen molar-refractivity contribution in [3.63, 3.8) is 0 Å². The molecular weight excluding hydrogens is 396 g/mol. The molecule has 0 bridgehead atoms. The lowest BCUT2D eigenvalue weighted by atomic mass is 9.87. The average Bonchev–Trinajstić information content (AvgIpc) is 2.78. The standard InChI is InChI=1S/C24H31N2O5/c1-18-15-19(9-6-10-21-16-22(30-2)11-12-23(21)26(28)29)13-14-25(18)24(27)31-17-20-7-4-3-5-8-20/h3-5,7-8,11-12,16,18-19,28H,6,9-10,13-15,17H2,1-2H3/q-1. The molecule has 3 rings (SSSR count). The van der Waals surface area contributed by atoms with Crippen molar-refractivity contribution >= 4 is 11.8 Å². The van der Waals surface area contributed by atoms with Gasteiger partial charge in [-0.2, -0.15) is 0 Å². The number of nitrogens with zero attached hydrogens (tertiary/aromatic N) is 2. The van der Waals surface area contributed by atoms with E-state index in [1.54, 1.807) is 25.3 Å². The van der Waals surface area contributed by atoms with Gasteiger partial charge in [-0.3, -0.25) is 5.21 Å². The molecule has 0 radical (unpaired) electrons. The molecule has 1 saturated heterocycles. The monoisotopic (exact) mass is 427 g/mol. The van der Waals surface area contributed by atoms with E-state index in [2.05, 4.69) is 6.92 Å². The first-order valence-corrected chi connectivity index (χ1v) is 10.8. The molecule has 1 aliphatic heterocycles. The van der Waals surface area contributed by atoms with Crippen molar-refractivity contribution < 1.29 is 19.5 Å². The lowest BCUT2D eigenvalue weighted by molar-refractivity contribution is 0.0604. The van der Waals surface area contributed by atoms with Gasteiger partial charge in [0, 0.05) is 12.6 Å². The molecule has 2 atom stereocenters. The molecule has 31 heavy (non-hydrogen) atoms. The highest BCUT2D eigenvalue weighted by atomic mass is 16.8. The Balaban J connectivity index is 1.45. The number of likely N-dealkylation sites (tertiary alicyclic amines) is 1. The van der Waals surface area contributed by atoms with E-state index >= 15 is 0 Å². The highest BCUT2D eigenvalue weighted by Gasteiger charge is 2.29. The molecule has 7 nitrogen and oxygen atoms in total. The van der Waals surface area contributed by atoms with Crippen molar-refractivity contribution in [1.82, 2.24) is 4.90 Å². The van der Waals surface area contributed by atoms with E-state index in [9.17, 15) is 15.2 Å². The zero-order chi connectivity index (χ0) is 22.2. The number of carbonyl (C=O) groups excluding carboxylic acids is 1. The van der Waals surface area contributed by atoms with Crippen molar-refractivity contribution in [3.8, 4) is 5.75 Å². The number of piperidine rings is 1. The molecule has 2 unspecified atom stereocenters. The van der Waals surface area contributed by atoms with Crippen LogP contribution in [0.3, 0.4) is 0 Å². The second-order valence-electron chi connectivity index (χ2n) is 8.13. The molecule has 0 spiro atoms. The predicted molar refractivity (Wildman–Crippen MR) is 119 cm³/mol. The van der Waals surface area contributed by atoms with Gasteiger partial charge in [-0.05, 0) is 74.3 Å². The van der Waals surface area contributed by atoms with Gasteiger partial charge in [-0.15, -0.1) is 0 Å². The quantitative estimate of drug-likeness (QED) is 0.587. The fraction of sp³-hybridized carbons (Fsp3) is 0.458. The summed E-state index contributed by atoms with van der Waals surface area (Å²) in [4.78, 5) is 14.3. The third-order valence-electron chi connectivity index (χ3n) is 5.98. The molecule has 1 heterocycles. The summed E-state index contributed by atoms with van der Waals surface area (Å²) in [5.74, 6) is 1.18. The van der Waals surface area contributed by atoms with Crippen LogP contribution in [0.5, 0.6) is 5.75 Å². The van der Waals surface area contributed by atoms with Gasteiger partial charge in [0.05, 0.1) is 12.8 Å². The maximum atomic E-state index is 12.5. The summed E-state index contributed by atoms with van der Waals surface area (Å²) in [6.45, 7) is 3.04. The summed E-state index contributed by atoms with van der Waals surface area (Å²) < 4.78 is 10.7. The zero-order valence-corrected chi connectivity index (χ0v) is 18.2. The van der Waals surface area contributed by atoms with Crippen molar-refractivity contribution in [1.29, 1.82) is 0 Å². The van der Waals surface area contributed by atoms with Crippen molar-refractivity contribution in [2.45, 2.75) is 51.7 Å². The van der Waals surface area contributed by atoms with Crippen LogP contribution >= 0.6 is 0 Å². The van der Waals surface area contributed by atoms with Gasteiger partial charge >= 0.3 is 6.09 Å². The number of benzene rings is 2. The van der Waals surface area contributed by atoms with Gasteiger partial charge in [0.25, 0.3) is 0 Å². The van der Waals surface area contributed by atoms with E-state index in [1.165, 1.54) is 0 Å². The smallest absolute Gasteiger partial charge is 0.410 e. The number of anilines is 1. The molecule has 0 saturated carbocycles. The molecule has 2 aromatic carbocycles. The summed E-state index contributed by atoms with van der Waals surface area (Å²) in [7, 11) is 1.58. The maximum Gasteiger partial charge on any atom is 0.410 e. The molecule has 0 aliphatic carbocycles. The summed E-state index contributed by atoms with van der Waals surface area (Å²) >= 11 is 0. The lowest BCUT2D eigenvalue weighted by Crippen LogP contribution is -2.44. The Hall–Kier alpha value is -2.77. The van der Waals surface area contributed by atoms with E-state index in [1.807, 2.05) is 35.2 Å². The largest absolute Gasteiger partial charge is 0.733 e. The number of hydrogen-bond donors (Lipinski definition) is 1. The maximum absolute atomic E-state index is 12.5. The van der Waals surface area contributed by atoms with Gasteiger partial charge in [0.2, 0.25) is 0 Å². The highest BCUT2D eigenvalue weighted by molar-refractivity contribution is 5.68. The Kier molecular flexibility index (Phi) is 8.14. The van der Waals surface area contributed by atoms with Crippen LogP contribution in [-0.4, -0.2) is 35.9 Å². The number of rotatable bonds is 8. The Morgan fingerprint density at radius 2 is 2.03 bits per heavy atom. The van der Waals surface area contributed by atoms with Gasteiger partial charge in [0.15, 0.2) is 0 Å². The summed E-state index contributed by atoms with van der Waals surface area (Å²) in [6, 6.07) is 14.8. The van der Waals surface area contributed by atoms with Crippen LogP contribution < -0.4 is 9.96 Å². The molecule has 168 valence electrons. The van der Waals surface area contributed by atoms with Crippen LogP contribution in [0.25, 0.3) is 0 Å². The minimum Gasteiger partial charge on any atom is -0.733 e. The minimum absolute atomic E-state index is 0.0869. The SMILES string of the molecule is COc1ccc(N([O-])O)c(CCCC2CCN(C(=O)OCc3ccccc3)C(C)C2)c1. The molecule has 1 N–H and O–H groups in total. The van der Waals surface area contributed by atoms with Crippen molar-refractivity contribution in [3.05, 3.63) is 64.9 Å². The Labute approximate surface area is 183 Å². The first kappa shape index (κ1) is 22.9. The number of ether oxygens (including phenoxy) is 2. The van der Waals surface area contributed by atoms with Crippen molar-refractivity contribution in [2.24, 2.45) is 5.92 Å². The lowest BCUT2D eigenvalue weighted by Gasteiger charge is -2.37.